The maximum atomic E-state index is 13.4. The van der Waals surface area contributed by atoms with E-state index in [4.69, 9.17) is 4.42 Å². The Balaban J connectivity index is 1.81. The lowest BCUT2D eigenvalue weighted by Crippen LogP contribution is -2.35. The average molecular weight is 292 g/mol. The number of nitrogens with one attached hydrogen (secondary N) is 2. The van der Waals surface area contributed by atoms with Crippen molar-refractivity contribution in [2.75, 3.05) is 18.5 Å². The maximum absolute atomic E-state index is 13.4. The summed E-state index contributed by atoms with van der Waals surface area (Å²) in [6, 6.07) is 8.97. The molecule has 2 rings (SSSR count). The molecule has 5 nitrogen and oxygen atoms in total. The lowest BCUT2D eigenvalue weighted by Gasteiger charge is -2.14. The van der Waals surface area contributed by atoms with E-state index in [1.54, 1.807) is 24.5 Å². The molecule has 6 heteroatoms. The van der Waals surface area contributed by atoms with Gasteiger partial charge in [-0.25, -0.2) is 9.18 Å². The average Bonchev–Trinajstić information content (AvgIpc) is 2.99. The molecule has 0 saturated heterocycles. The van der Waals surface area contributed by atoms with Gasteiger partial charge in [0.1, 0.15) is 11.6 Å². The van der Waals surface area contributed by atoms with Crippen LogP contribution in [-0.2, 0) is 6.42 Å². The van der Waals surface area contributed by atoms with Gasteiger partial charge in [-0.15, -0.1) is 0 Å². The van der Waals surface area contributed by atoms with Crippen molar-refractivity contribution in [2.45, 2.75) is 6.42 Å². The molecule has 1 atom stereocenters. The normalized spacial score (nSPS) is 11.9. The summed E-state index contributed by atoms with van der Waals surface area (Å²) >= 11 is 0. The molecule has 2 amide bonds. The van der Waals surface area contributed by atoms with E-state index in [1.165, 1.54) is 12.1 Å². The van der Waals surface area contributed by atoms with Gasteiger partial charge in [0.15, 0.2) is 0 Å². The Morgan fingerprint density at radius 2 is 2.10 bits per heavy atom. The summed E-state index contributed by atoms with van der Waals surface area (Å²) < 4.78 is 18.6. The molecule has 0 unspecified atom stereocenters. The highest BCUT2D eigenvalue weighted by molar-refractivity contribution is 5.89. The van der Waals surface area contributed by atoms with Crippen LogP contribution in [0.1, 0.15) is 5.76 Å². The van der Waals surface area contributed by atoms with Crippen LogP contribution in [0.2, 0.25) is 0 Å². The zero-order chi connectivity index (χ0) is 15.1. The summed E-state index contributed by atoms with van der Waals surface area (Å²) in [6.45, 7) is 0.179. The van der Waals surface area contributed by atoms with E-state index in [9.17, 15) is 14.3 Å². The third-order valence-electron chi connectivity index (χ3n) is 3.00. The minimum atomic E-state index is -0.516. The van der Waals surface area contributed by atoms with Crippen molar-refractivity contribution in [1.29, 1.82) is 0 Å². The maximum Gasteiger partial charge on any atom is 0.319 e. The number of hydrogen-bond acceptors (Lipinski definition) is 3. The van der Waals surface area contributed by atoms with Crippen LogP contribution in [0, 0.1) is 11.7 Å². The first kappa shape index (κ1) is 15.1. The van der Waals surface area contributed by atoms with Crippen molar-refractivity contribution in [3.63, 3.8) is 0 Å². The Morgan fingerprint density at radius 3 is 2.76 bits per heavy atom. The number of carbonyl (C=O) groups is 1. The van der Waals surface area contributed by atoms with E-state index < -0.39 is 11.8 Å². The van der Waals surface area contributed by atoms with Crippen molar-refractivity contribution in [3.8, 4) is 0 Å². The molecular weight excluding hydrogens is 275 g/mol. The number of furan rings is 1. The summed E-state index contributed by atoms with van der Waals surface area (Å²) in [5.41, 5.74) is 0.113. The van der Waals surface area contributed by atoms with Gasteiger partial charge in [-0.3, -0.25) is 0 Å². The Hall–Kier alpha value is -2.34. The van der Waals surface area contributed by atoms with Crippen LogP contribution < -0.4 is 10.6 Å². The Bertz CT molecular complexity index is 572. The number of anilines is 1. The first-order valence-corrected chi connectivity index (χ1v) is 6.61. The van der Waals surface area contributed by atoms with Gasteiger partial charge in [0, 0.05) is 25.5 Å². The summed E-state index contributed by atoms with van der Waals surface area (Å²) in [7, 11) is 0. The van der Waals surface area contributed by atoms with Gasteiger partial charge in [0.2, 0.25) is 0 Å². The quantitative estimate of drug-likeness (QED) is 0.765. The van der Waals surface area contributed by atoms with Crippen LogP contribution in [-0.4, -0.2) is 24.3 Å². The predicted molar refractivity (Wildman–Crippen MR) is 76.4 cm³/mol. The predicted octanol–water partition coefficient (Wildman–Crippen LogP) is 2.39. The number of halogens is 1. The highest BCUT2D eigenvalue weighted by Gasteiger charge is 2.12. The molecule has 1 heterocycles. The molecule has 1 aromatic heterocycles. The van der Waals surface area contributed by atoms with Gasteiger partial charge in [0.25, 0.3) is 0 Å². The number of hydrogen-bond donors (Lipinski definition) is 3. The molecule has 3 N–H and O–H groups in total. The first-order chi connectivity index (χ1) is 10.2. The minimum absolute atomic E-state index is 0.0827. The number of benzene rings is 1. The van der Waals surface area contributed by atoms with E-state index in [-0.39, 0.29) is 24.8 Å². The van der Waals surface area contributed by atoms with Crippen molar-refractivity contribution in [3.05, 3.63) is 54.2 Å². The highest BCUT2D eigenvalue weighted by Crippen LogP contribution is 2.12. The molecule has 0 fully saturated rings. The van der Waals surface area contributed by atoms with Crippen molar-refractivity contribution in [1.82, 2.24) is 5.32 Å². The van der Waals surface area contributed by atoms with E-state index in [0.29, 0.717) is 6.42 Å². The van der Waals surface area contributed by atoms with Gasteiger partial charge in [-0.2, -0.15) is 0 Å². The standard InChI is InChI=1S/C15H17FN2O3/c16-13-5-1-2-6-14(13)18-15(20)17-9-11(10-19)8-12-4-3-7-21-12/h1-7,11,19H,8-10H2,(H2,17,18,20)/t11-/m1/s1. The van der Waals surface area contributed by atoms with Crippen LogP contribution in [0.15, 0.2) is 47.1 Å². The van der Waals surface area contributed by atoms with Crippen LogP contribution in [0.5, 0.6) is 0 Å². The van der Waals surface area contributed by atoms with Gasteiger partial charge in [-0.05, 0) is 24.3 Å². The van der Waals surface area contributed by atoms with E-state index in [2.05, 4.69) is 10.6 Å². The SMILES string of the molecule is O=C(NC[C@H](CO)Cc1ccco1)Nc1ccccc1F. The second-order valence-electron chi connectivity index (χ2n) is 4.65. The molecular formula is C15H17FN2O3. The summed E-state index contributed by atoms with van der Waals surface area (Å²) in [6.07, 6.45) is 2.07. The smallest absolute Gasteiger partial charge is 0.319 e. The highest BCUT2D eigenvalue weighted by atomic mass is 19.1. The summed E-state index contributed by atoms with van der Waals surface area (Å²) in [4.78, 5) is 11.7. The first-order valence-electron chi connectivity index (χ1n) is 6.61. The number of para-hydroxylation sites is 1. The summed E-state index contributed by atoms with van der Waals surface area (Å²) in [5, 5.41) is 14.3. The van der Waals surface area contributed by atoms with Crippen molar-refractivity contribution in [2.24, 2.45) is 5.92 Å². The van der Waals surface area contributed by atoms with E-state index >= 15 is 0 Å². The molecule has 0 bridgehead atoms. The zero-order valence-corrected chi connectivity index (χ0v) is 11.4. The number of amides is 2. The third kappa shape index (κ3) is 4.61. The topological polar surface area (TPSA) is 74.5 Å². The molecule has 1 aromatic carbocycles. The van der Waals surface area contributed by atoms with Crippen LogP contribution in [0.25, 0.3) is 0 Å². The van der Waals surface area contributed by atoms with E-state index in [1.807, 2.05) is 6.07 Å². The molecule has 112 valence electrons. The molecule has 0 aliphatic carbocycles. The second kappa shape index (κ2) is 7.44. The number of aliphatic hydroxyl groups is 1. The van der Waals surface area contributed by atoms with Crippen molar-refractivity contribution >= 4 is 11.7 Å². The fourth-order valence-electron chi connectivity index (χ4n) is 1.88. The Labute approximate surface area is 121 Å². The minimum Gasteiger partial charge on any atom is -0.469 e. The molecule has 0 spiro atoms. The number of aliphatic hydroxyl groups excluding tert-OH is 1. The molecule has 2 aromatic rings. The molecule has 0 aliphatic heterocycles. The Kier molecular flexibility index (Phi) is 5.34. The zero-order valence-electron chi connectivity index (χ0n) is 11.4. The number of rotatable bonds is 6. The van der Waals surface area contributed by atoms with Crippen LogP contribution in [0.4, 0.5) is 14.9 Å². The number of urea groups is 1. The molecule has 21 heavy (non-hydrogen) atoms. The number of carbonyl (C=O) groups excluding carboxylic acids is 1. The largest absolute Gasteiger partial charge is 0.469 e. The third-order valence-corrected chi connectivity index (χ3v) is 3.00. The lowest BCUT2D eigenvalue weighted by atomic mass is 10.1. The summed E-state index contributed by atoms with van der Waals surface area (Å²) in [5.74, 6) is 0.0785. The monoisotopic (exact) mass is 292 g/mol. The molecule has 0 saturated carbocycles. The lowest BCUT2D eigenvalue weighted by molar-refractivity contribution is 0.213. The molecule has 0 aliphatic rings. The van der Waals surface area contributed by atoms with Gasteiger partial charge in [-0.1, -0.05) is 12.1 Å². The fourth-order valence-corrected chi connectivity index (χ4v) is 1.88. The van der Waals surface area contributed by atoms with Gasteiger partial charge >= 0.3 is 6.03 Å². The van der Waals surface area contributed by atoms with Crippen LogP contribution >= 0.6 is 0 Å². The van der Waals surface area contributed by atoms with Crippen molar-refractivity contribution < 1.29 is 18.7 Å². The second-order valence-corrected chi connectivity index (χ2v) is 4.65. The fraction of sp³-hybridized carbons (Fsp3) is 0.267. The van der Waals surface area contributed by atoms with Gasteiger partial charge in [0.05, 0.1) is 12.0 Å². The van der Waals surface area contributed by atoms with E-state index in [0.717, 1.165) is 5.76 Å². The molecule has 0 radical (unpaired) electrons. The van der Waals surface area contributed by atoms with Crippen LogP contribution in [0.3, 0.4) is 0 Å². The Morgan fingerprint density at radius 1 is 1.29 bits per heavy atom. The van der Waals surface area contributed by atoms with Gasteiger partial charge < -0.3 is 20.2 Å².